The van der Waals surface area contributed by atoms with Crippen LogP contribution in [0.5, 0.6) is 0 Å². The zero-order valence-electron chi connectivity index (χ0n) is 17.9. The molecule has 2 aromatic carbocycles. The van der Waals surface area contributed by atoms with Crippen LogP contribution in [-0.2, 0) is 11.3 Å². The number of anilines is 2. The summed E-state index contributed by atoms with van der Waals surface area (Å²) < 4.78 is 0. The third kappa shape index (κ3) is 3.66. The molecule has 5 rings (SSSR count). The van der Waals surface area contributed by atoms with Crippen LogP contribution in [0.2, 0.25) is 0 Å². The second-order valence-corrected chi connectivity index (χ2v) is 8.80. The quantitative estimate of drug-likeness (QED) is 0.495. The Morgan fingerprint density at radius 2 is 1.81 bits per heavy atom. The highest BCUT2D eigenvalue weighted by atomic mass is 16.3. The lowest BCUT2D eigenvalue weighted by atomic mass is 9.71. The van der Waals surface area contributed by atoms with Crippen molar-refractivity contribution in [1.82, 2.24) is 14.9 Å². The molecule has 164 valence electrons. The van der Waals surface area contributed by atoms with Crippen LogP contribution < -0.4 is 10.6 Å². The first-order valence-corrected chi connectivity index (χ1v) is 11.1. The minimum Gasteiger partial charge on any atom is -0.397 e. The molecule has 3 aromatic rings. The SMILES string of the molecule is Nc1ccc(CN2CCCC3(CCN(c4cnc5ccccc5n4)CC3)C2=O)cc1N=O. The Morgan fingerprint density at radius 3 is 2.59 bits per heavy atom. The highest BCUT2D eigenvalue weighted by Crippen LogP contribution is 2.42. The number of benzene rings is 2. The van der Waals surface area contributed by atoms with Crippen LogP contribution in [0.4, 0.5) is 17.2 Å². The Labute approximate surface area is 186 Å². The van der Waals surface area contributed by atoms with Crippen molar-refractivity contribution in [2.45, 2.75) is 32.2 Å². The van der Waals surface area contributed by atoms with Crippen LogP contribution in [0.1, 0.15) is 31.2 Å². The van der Waals surface area contributed by atoms with E-state index in [0.717, 1.165) is 67.7 Å². The van der Waals surface area contributed by atoms with E-state index >= 15 is 0 Å². The number of piperidine rings is 2. The highest BCUT2D eigenvalue weighted by Gasteiger charge is 2.45. The molecule has 0 saturated carbocycles. The molecule has 0 radical (unpaired) electrons. The third-order valence-corrected chi connectivity index (χ3v) is 6.87. The lowest BCUT2D eigenvalue weighted by Crippen LogP contribution is -2.53. The number of nitrogen functional groups attached to an aromatic ring is 1. The number of nitrogens with two attached hydrogens (primary N) is 1. The Hall–Kier alpha value is -3.55. The molecule has 2 aliphatic heterocycles. The number of para-hydroxylation sites is 2. The number of aromatic nitrogens is 2. The van der Waals surface area contributed by atoms with Crippen LogP contribution in [0.25, 0.3) is 11.0 Å². The number of hydrogen-bond donors (Lipinski definition) is 1. The van der Waals surface area contributed by atoms with Gasteiger partial charge in [-0.1, -0.05) is 18.2 Å². The van der Waals surface area contributed by atoms with Gasteiger partial charge < -0.3 is 15.5 Å². The molecule has 8 nitrogen and oxygen atoms in total. The summed E-state index contributed by atoms with van der Waals surface area (Å²) in [5, 5.41) is 2.99. The predicted molar refractivity (Wildman–Crippen MR) is 124 cm³/mol. The summed E-state index contributed by atoms with van der Waals surface area (Å²) in [6.45, 7) is 2.78. The third-order valence-electron chi connectivity index (χ3n) is 6.87. The molecule has 2 aliphatic rings. The molecular weight excluding hydrogens is 404 g/mol. The maximum atomic E-state index is 13.5. The first-order valence-electron chi connectivity index (χ1n) is 11.1. The summed E-state index contributed by atoms with van der Waals surface area (Å²) in [5.41, 5.74) is 8.69. The fraction of sp³-hybridized carbons (Fsp3) is 0.375. The van der Waals surface area contributed by atoms with Gasteiger partial charge in [0.25, 0.3) is 0 Å². The number of amides is 1. The summed E-state index contributed by atoms with van der Waals surface area (Å²) in [6, 6.07) is 13.1. The molecular formula is C24H26N6O2. The largest absolute Gasteiger partial charge is 0.397 e. The molecule has 2 fully saturated rings. The van der Waals surface area contributed by atoms with E-state index in [0.29, 0.717) is 12.2 Å². The maximum Gasteiger partial charge on any atom is 0.229 e. The van der Waals surface area contributed by atoms with Gasteiger partial charge >= 0.3 is 0 Å². The van der Waals surface area contributed by atoms with Gasteiger partial charge in [-0.05, 0) is 60.7 Å². The van der Waals surface area contributed by atoms with E-state index in [2.05, 4.69) is 15.1 Å². The molecule has 3 heterocycles. The molecule has 0 unspecified atom stereocenters. The molecule has 1 aromatic heterocycles. The minimum absolute atomic E-state index is 0.213. The van der Waals surface area contributed by atoms with E-state index < -0.39 is 0 Å². The lowest BCUT2D eigenvalue weighted by molar-refractivity contribution is -0.148. The zero-order valence-corrected chi connectivity index (χ0v) is 17.9. The first-order chi connectivity index (χ1) is 15.6. The summed E-state index contributed by atoms with van der Waals surface area (Å²) in [7, 11) is 0. The van der Waals surface area contributed by atoms with Gasteiger partial charge in [-0.15, -0.1) is 4.91 Å². The van der Waals surface area contributed by atoms with Crippen LogP contribution in [0.15, 0.2) is 53.8 Å². The molecule has 8 heteroatoms. The lowest BCUT2D eigenvalue weighted by Gasteiger charge is -2.46. The Morgan fingerprint density at radius 1 is 1.03 bits per heavy atom. The number of nitrogens with zero attached hydrogens (tertiary/aromatic N) is 5. The van der Waals surface area contributed by atoms with E-state index in [1.165, 1.54) is 0 Å². The van der Waals surface area contributed by atoms with Crippen LogP contribution >= 0.6 is 0 Å². The number of hydrogen-bond acceptors (Lipinski definition) is 7. The topological polar surface area (TPSA) is 105 Å². The number of nitroso groups, excluding NO2 is 1. The summed E-state index contributed by atoms with van der Waals surface area (Å²) in [5.74, 6) is 1.08. The van der Waals surface area contributed by atoms with Gasteiger partial charge in [0.2, 0.25) is 5.91 Å². The standard InChI is InChI=1S/C24H26N6O2/c25-18-7-6-17(14-21(18)28-32)16-30-11-3-8-24(23(30)31)9-12-29(13-10-24)22-15-26-19-4-1-2-5-20(19)27-22/h1-2,4-7,14-15H,3,8-13,16,25H2. The van der Waals surface area contributed by atoms with Gasteiger partial charge in [0.1, 0.15) is 11.5 Å². The highest BCUT2D eigenvalue weighted by molar-refractivity contribution is 5.84. The second kappa shape index (κ2) is 8.18. The number of carbonyl (C=O) groups excluding carboxylic acids is 1. The first kappa shape index (κ1) is 20.4. The normalized spacial score (nSPS) is 18.3. The van der Waals surface area contributed by atoms with Gasteiger partial charge in [0, 0.05) is 26.2 Å². The minimum atomic E-state index is -0.321. The Balaban J connectivity index is 1.29. The van der Waals surface area contributed by atoms with Crippen LogP contribution in [0, 0.1) is 10.3 Å². The Bertz CT molecular complexity index is 1170. The van der Waals surface area contributed by atoms with Gasteiger partial charge in [-0.25, -0.2) is 4.98 Å². The van der Waals surface area contributed by atoms with Crippen LogP contribution in [0.3, 0.4) is 0 Å². The molecule has 2 saturated heterocycles. The molecule has 0 aliphatic carbocycles. The van der Waals surface area contributed by atoms with Gasteiger partial charge in [0.05, 0.1) is 28.3 Å². The predicted octanol–water partition coefficient (Wildman–Crippen LogP) is 4.02. The van der Waals surface area contributed by atoms with Crippen molar-refractivity contribution in [3.63, 3.8) is 0 Å². The fourth-order valence-corrected chi connectivity index (χ4v) is 5.02. The monoisotopic (exact) mass is 430 g/mol. The van der Waals surface area contributed by atoms with Crippen molar-refractivity contribution in [2.75, 3.05) is 30.3 Å². The Kier molecular flexibility index (Phi) is 5.20. The van der Waals surface area contributed by atoms with Gasteiger partial charge in [-0.2, -0.15) is 0 Å². The maximum absolute atomic E-state index is 13.5. The second-order valence-electron chi connectivity index (χ2n) is 8.80. The zero-order chi connectivity index (χ0) is 22.1. The van der Waals surface area contributed by atoms with E-state index in [1.54, 1.807) is 12.1 Å². The van der Waals surface area contributed by atoms with E-state index in [9.17, 15) is 9.70 Å². The summed E-state index contributed by atoms with van der Waals surface area (Å²) in [4.78, 5) is 38.0. The molecule has 1 amide bonds. The molecule has 1 spiro atoms. The summed E-state index contributed by atoms with van der Waals surface area (Å²) >= 11 is 0. The summed E-state index contributed by atoms with van der Waals surface area (Å²) in [6.07, 6.45) is 5.34. The average molecular weight is 431 g/mol. The van der Waals surface area contributed by atoms with E-state index in [4.69, 9.17) is 10.7 Å². The van der Waals surface area contributed by atoms with E-state index in [-0.39, 0.29) is 17.0 Å². The molecule has 0 bridgehead atoms. The number of rotatable bonds is 4. The average Bonchev–Trinajstić information content (AvgIpc) is 2.83. The number of fused-ring (bicyclic) bond motifs is 1. The molecule has 2 N–H and O–H groups in total. The van der Waals surface area contributed by atoms with Crippen molar-refractivity contribution in [1.29, 1.82) is 0 Å². The van der Waals surface area contributed by atoms with Crippen molar-refractivity contribution in [2.24, 2.45) is 10.6 Å². The van der Waals surface area contributed by atoms with Crippen LogP contribution in [-0.4, -0.2) is 40.4 Å². The van der Waals surface area contributed by atoms with Crippen molar-refractivity contribution < 1.29 is 4.79 Å². The van der Waals surface area contributed by atoms with Crippen molar-refractivity contribution in [3.8, 4) is 0 Å². The van der Waals surface area contributed by atoms with Crippen molar-refractivity contribution in [3.05, 3.63) is 59.1 Å². The number of likely N-dealkylation sites (tertiary alicyclic amines) is 1. The molecule has 0 atom stereocenters. The van der Waals surface area contributed by atoms with Gasteiger partial charge in [-0.3, -0.25) is 9.78 Å². The molecule has 32 heavy (non-hydrogen) atoms. The number of carbonyl (C=O) groups is 1. The van der Waals surface area contributed by atoms with Crippen molar-refractivity contribution >= 4 is 34.1 Å². The van der Waals surface area contributed by atoms with E-state index in [1.807, 2.05) is 41.4 Å². The van der Waals surface area contributed by atoms with Gasteiger partial charge in [0.15, 0.2) is 0 Å². The fourth-order valence-electron chi connectivity index (χ4n) is 5.02. The smallest absolute Gasteiger partial charge is 0.229 e.